The molecule has 0 N–H and O–H groups in total. The van der Waals surface area contributed by atoms with Crippen LogP contribution in [0.3, 0.4) is 0 Å². The van der Waals surface area contributed by atoms with Crippen molar-refractivity contribution in [2.75, 3.05) is 12.0 Å². The van der Waals surface area contributed by atoms with Gasteiger partial charge in [0.05, 0.1) is 29.9 Å². The molecule has 0 unspecified atom stereocenters. The van der Waals surface area contributed by atoms with Crippen molar-refractivity contribution >= 4 is 35.0 Å². The summed E-state index contributed by atoms with van der Waals surface area (Å²) in [4.78, 5) is 55.2. The molecule has 2 amide bonds. The minimum atomic E-state index is -0.931. The monoisotopic (exact) mass is 475 g/mol. The molecular weight excluding hydrogens is 450 g/mol. The van der Waals surface area contributed by atoms with Crippen LogP contribution in [0.25, 0.3) is 6.08 Å². The lowest BCUT2D eigenvalue weighted by Crippen LogP contribution is -2.47. The lowest BCUT2D eigenvalue weighted by atomic mass is 9.79. The summed E-state index contributed by atoms with van der Waals surface area (Å²) in [5.74, 6) is -2.79. The summed E-state index contributed by atoms with van der Waals surface area (Å²) in [6.45, 7) is 5.38. The van der Waals surface area contributed by atoms with Crippen LogP contribution in [-0.2, 0) is 14.4 Å². The number of carbonyl (C=O) groups excluding carboxylic acids is 3. The number of rotatable bonds is 4. The number of fused-ring (bicyclic) bond motifs is 5. The molecule has 2 aromatic rings. The van der Waals surface area contributed by atoms with Crippen LogP contribution in [0.15, 0.2) is 48.7 Å². The average Bonchev–Trinajstić information content (AvgIpc) is 3.30. The van der Waals surface area contributed by atoms with E-state index >= 15 is 0 Å². The zero-order valence-corrected chi connectivity index (χ0v) is 19.8. The highest BCUT2D eigenvalue weighted by Crippen LogP contribution is 2.55. The summed E-state index contributed by atoms with van der Waals surface area (Å²) in [6, 6.07) is 10.0. The second-order valence-electron chi connectivity index (χ2n) is 10.1. The molecule has 180 valence electrons. The van der Waals surface area contributed by atoms with Gasteiger partial charge >= 0.3 is 0 Å². The number of nitro benzene ring substituents is 1. The van der Waals surface area contributed by atoms with Gasteiger partial charge in [0.25, 0.3) is 5.69 Å². The predicted octanol–water partition coefficient (Wildman–Crippen LogP) is 3.73. The van der Waals surface area contributed by atoms with E-state index in [-0.39, 0.29) is 22.9 Å². The van der Waals surface area contributed by atoms with Crippen LogP contribution in [0.4, 0.5) is 11.4 Å². The highest BCUT2D eigenvalue weighted by molar-refractivity contribution is 6.25. The molecule has 5 rings (SSSR count). The predicted molar refractivity (Wildman–Crippen MR) is 127 cm³/mol. The van der Waals surface area contributed by atoms with E-state index in [0.29, 0.717) is 0 Å². The zero-order valence-electron chi connectivity index (χ0n) is 19.8. The van der Waals surface area contributed by atoms with E-state index in [2.05, 4.69) is 0 Å². The minimum absolute atomic E-state index is 0.0132. The van der Waals surface area contributed by atoms with Gasteiger partial charge in [0.1, 0.15) is 17.5 Å². The van der Waals surface area contributed by atoms with Gasteiger partial charge in [0.15, 0.2) is 5.78 Å². The van der Waals surface area contributed by atoms with Crippen LogP contribution in [0.2, 0.25) is 0 Å². The number of ether oxygens (including phenoxy) is 1. The Hall–Kier alpha value is -4.01. The third-order valence-electron chi connectivity index (χ3n) is 7.08. The van der Waals surface area contributed by atoms with Gasteiger partial charge < -0.3 is 9.64 Å². The molecule has 9 nitrogen and oxygen atoms in total. The van der Waals surface area contributed by atoms with Crippen molar-refractivity contribution in [2.24, 2.45) is 17.3 Å². The number of benzene rings is 2. The number of imide groups is 1. The van der Waals surface area contributed by atoms with Crippen LogP contribution >= 0.6 is 0 Å². The van der Waals surface area contributed by atoms with E-state index < -0.39 is 46.1 Å². The van der Waals surface area contributed by atoms with Crippen LogP contribution < -0.4 is 9.64 Å². The molecule has 2 fully saturated rings. The van der Waals surface area contributed by atoms with Gasteiger partial charge in [0, 0.05) is 23.7 Å². The summed E-state index contributed by atoms with van der Waals surface area (Å²) in [5.41, 5.74) is 0.772. The smallest absolute Gasteiger partial charge is 0.271 e. The van der Waals surface area contributed by atoms with E-state index in [9.17, 15) is 24.5 Å². The van der Waals surface area contributed by atoms with Crippen LogP contribution in [0, 0.1) is 27.4 Å². The van der Waals surface area contributed by atoms with E-state index in [0.717, 1.165) is 16.0 Å². The first kappa shape index (κ1) is 22.8. The molecule has 3 aliphatic heterocycles. The lowest BCUT2D eigenvalue weighted by Gasteiger charge is -2.37. The van der Waals surface area contributed by atoms with Gasteiger partial charge in [-0.3, -0.25) is 24.5 Å². The highest BCUT2D eigenvalue weighted by atomic mass is 16.6. The Morgan fingerprint density at radius 3 is 2.40 bits per heavy atom. The number of Topliss-reactive ketones (excluding diaryl/α,β-unsaturated/α-hetero) is 1. The van der Waals surface area contributed by atoms with Gasteiger partial charge in [-0.2, -0.15) is 0 Å². The maximum absolute atomic E-state index is 13.9. The van der Waals surface area contributed by atoms with E-state index in [1.807, 2.05) is 35.2 Å². The van der Waals surface area contributed by atoms with E-state index in [1.165, 1.54) is 25.3 Å². The fourth-order valence-electron chi connectivity index (χ4n) is 5.50. The standard InChI is InChI=1S/C26H25N3O6/c1-26(2,3)23(30)22-20-19(21-16-8-6-5-7-14(16)11-12-27(21)22)24(31)28(25(20)32)17-13-15(29(33)34)9-10-18(17)35-4/h5-13,19-22H,1-4H3/t19-,20-,21+,22-/m0/s1. The first-order valence-corrected chi connectivity index (χ1v) is 11.4. The summed E-state index contributed by atoms with van der Waals surface area (Å²) in [5, 5.41) is 11.4. The van der Waals surface area contributed by atoms with E-state index in [4.69, 9.17) is 4.74 Å². The Labute approximate surface area is 202 Å². The summed E-state index contributed by atoms with van der Waals surface area (Å²) in [6.07, 6.45) is 3.70. The van der Waals surface area contributed by atoms with Crippen LogP contribution in [0.1, 0.15) is 37.9 Å². The number of carbonyl (C=O) groups is 3. The van der Waals surface area contributed by atoms with Crippen molar-refractivity contribution in [3.63, 3.8) is 0 Å². The van der Waals surface area contributed by atoms with Crippen molar-refractivity contribution in [1.82, 2.24) is 4.90 Å². The van der Waals surface area contributed by atoms with Gasteiger partial charge in [-0.15, -0.1) is 0 Å². The van der Waals surface area contributed by atoms with Gasteiger partial charge in [-0.1, -0.05) is 45.0 Å². The molecule has 0 saturated carbocycles. The first-order valence-electron chi connectivity index (χ1n) is 11.4. The van der Waals surface area contributed by atoms with Gasteiger partial charge in [0.2, 0.25) is 11.8 Å². The molecule has 2 aromatic carbocycles. The molecule has 0 radical (unpaired) electrons. The summed E-state index contributed by atoms with van der Waals surface area (Å²) in [7, 11) is 1.37. The molecule has 0 aliphatic carbocycles. The van der Waals surface area contributed by atoms with Crippen molar-refractivity contribution in [2.45, 2.75) is 32.9 Å². The van der Waals surface area contributed by atoms with Crippen LogP contribution in [0.5, 0.6) is 5.75 Å². The Bertz CT molecular complexity index is 1310. The largest absolute Gasteiger partial charge is 0.495 e. The quantitative estimate of drug-likeness (QED) is 0.376. The molecule has 3 heterocycles. The van der Waals surface area contributed by atoms with Gasteiger partial charge in [-0.25, -0.2) is 4.90 Å². The molecule has 0 bridgehead atoms. The number of methoxy groups -OCH3 is 1. The minimum Gasteiger partial charge on any atom is -0.495 e. The SMILES string of the molecule is COc1ccc([N+](=O)[O-])cc1N1C(=O)[C@H]2[C@H](C1=O)[C@H]1c3ccccc3C=CN1[C@@H]2C(=O)C(C)(C)C. The molecule has 9 heteroatoms. The average molecular weight is 476 g/mol. The number of amides is 2. The fraction of sp³-hybridized carbons (Fsp3) is 0.346. The molecule has 35 heavy (non-hydrogen) atoms. The molecule has 0 aromatic heterocycles. The third-order valence-corrected chi connectivity index (χ3v) is 7.08. The number of hydrogen-bond donors (Lipinski definition) is 0. The normalized spacial score (nSPS) is 24.8. The van der Waals surface area contributed by atoms with E-state index in [1.54, 1.807) is 27.0 Å². The highest BCUT2D eigenvalue weighted by Gasteiger charge is 2.65. The number of anilines is 1. The lowest BCUT2D eigenvalue weighted by molar-refractivity contribution is -0.384. The van der Waals surface area contributed by atoms with Crippen LogP contribution in [-0.4, -0.2) is 40.6 Å². The number of hydrogen-bond acceptors (Lipinski definition) is 7. The summed E-state index contributed by atoms with van der Waals surface area (Å²) >= 11 is 0. The first-order chi connectivity index (χ1) is 16.6. The molecule has 2 saturated heterocycles. The molecule has 0 spiro atoms. The van der Waals surface area contributed by atoms with Crippen molar-refractivity contribution < 1.29 is 24.0 Å². The number of nitrogens with zero attached hydrogens (tertiary/aromatic N) is 3. The Morgan fingerprint density at radius 1 is 1.06 bits per heavy atom. The Morgan fingerprint density at radius 2 is 1.74 bits per heavy atom. The number of non-ortho nitro benzene ring substituents is 1. The molecular formula is C26H25N3O6. The van der Waals surface area contributed by atoms with Crippen molar-refractivity contribution in [3.8, 4) is 5.75 Å². The Balaban J connectivity index is 1.69. The molecule has 4 atom stereocenters. The van der Waals surface area contributed by atoms with Crippen molar-refractivity contribution in [3.05, 3.63) is 69.9 Å². The van der Waals surface area contributed by atoms with Crippen molar-refractivity contribution in [1.29, 1.82) is 0 Å². The molecule has 3 aliphatic rings. The maximum atomic E-state index is 13.9. The summed E-state index contributed by atoms with van der Waals surface area (Å²) < 4.78 is 5.35. The zero-order chi connectivity index (χ0) is 25.2. The third kappa shape index (κ3) is 3.25. The number of nitro groups is 1. The van der Waals surface area contributed by atoms with Gasteiger partial charge in [-0.05, 0) is 23.3 Å². The Kier molecular flexibility index (Phi) is 5.05. The topological polar surface area (TPSA) is 110 Å². The fourth-order valence-corrected chi connectivity index (χ4v) is 5.50. The second kappa shape index (κ2) is 7.76. The number of ketones is 1. The second-order valence-corrected chi connectivity index (χ2v) is 10.1. The maximum Gasteiger partial charge on any atom is 0.271 e.